The predicted molar refractivity (Wildman–Crippen MR) is 111 cm³/mol. The molecule has 0 aliphatic rings. The number of furan rings is 1. The van der Waals surface area contributed by atoms with Crippen molar-refractivity contribution in [3.8, 4) is 0 Å². The summed E-state index contributed by atoms with van der Waals surface area (Å²) in [7, 11) is 0. The molecule has 7 nitrogen and oxygen atoms in total. The van der Waals surface area contributed by atoms with Crippen molar-refractivity contribution in [2.75, 3.05) is 11.9 Å². The van der Waals surface area contributed by atoms with Crippen molar-refractivity contribution in [2.24, 2.45) is 0 Å². The highest BCUT2D eigenvalue weighted by atomic mass is 16.5. The van der Waals surface area contributed by atoms with Crippen LogP contribution in [0.5, 0.6) is 0 Å². The lowest BCUT2D eigenvalue weighted by Crippen LogP contribution is -2.44. The molecule has 3 rings (SSSR count). The molecule has 0 radical (unpaired) electrons. The first kappa shape index (κ1) is 20.9. The fourth-order valence-corrected chi connectivity index (χ4v) is 2.84. The molecule has 2 amide bonds. The molecular weight excluding hydrogens is 384 g/mol. The van der Waals surface area contributed by atoms with E-state index in [-0.39, 0.29) is 12.2 Å². The van der Waals surface area contributed by atoms with Crippen molar-refractivity contribution < 1.29 is 23.5 Å². The standard InChI is InChI=1S/C23H22N2O5/c1-16-7-5-10-18(13-16)24-21(26)15-30-23(28)19(14-17-8-3-2-4-9-17)25-22(27)20-11-6-12-29-20/h2-13,19H,14-15H2,1H3,(H,24,26)(H,25,27)/t19-/m0/s1. The Morgan fingerprint density at radius 3 is 2.50 bits per heavy atom. The Labute approximate surface area is 174 Å². The minimum atomic E-state index is -0.975. The van der Waals surface area contributed by atoms with Gasteiger partial charge in [-0.1, -0.05) is 42.5 Å². The van der Waals surface area contributed by atoms with E-state index in [0.717, 1.165) is 11.1 Å². The Bertz CT molecular complexity index is 999. The van der Waals surface area contributed by atoms with Crippen molar-refractivity contribution in [2.45, 2.75) is 19.4 Å². The molecule has 30 heavy (non-hydrogen) atoms. The number of hydrogen-bond acceptors (Lipinski definition) is 5. The molecule has 0 bridgehead atoms. The average molecular weight is 406 g/mol. The summed E-state index contributed by atoms with van der Waals surface area (Å²) < 4.78 is 10.2. The van der Waals surface area contributed by atoms with Crippen LogP contribution in [0.2, 0.25) is 0 Å². The number of anilines is 1. The first-order valence-electron chi connectivity index (χ1n) is 9.43. The third kappa shape index (κ3) is 6.07. The fourth-order valence-electron chi connectivity index (χ4n) is 2.84. The minimum absolute atomic E-state index is 0.0815. The Balaban J connectivity index is 1.62. The van der Waals surface area contributed by atoms with Crippen molar-refractivity contribution >= 4 is 23.5 Å². The molecular formula is C23H22N2O5. The summed E-state index contributed by atoms with van der Waals surface area (Å²) in [6.45, 7) is 1.44. The van der Waals surface area contributed by atoms with Gasteiger partial charge in [-0.15, -0.1) is 0 Å². The molecule has 0 fully saturated rings. The van der Waals surface area contributed by atoms with Crippen molar-refractivity contribution in [3.63, 3.8) is 0 Å². The molecule has 154 valence electrons. The maximum atomic E-state index is 12.6. The molecule has 0 saturated carbocycles. The van der Waals surface area contributed by atoms with E-state index < -0.39 is 30.4 Å². The summed E-state index contributed by atoms with van der Waals surface area (Å²) in [6, 6.07) is 18.6. The monoisotopic (exact) mass is 406 g/mol. The number of aryl methyl sites for hydroxylation is 1. The van der Waals surface area contributed by atoms with Crippen LogP contribution >= 0.6 is 0 Å². The zero-order chi connectivity index (χ0) is 21.3. The van der Waals surface area contributed by atoms with Gasteiger partial charge in [0.25, 0.3) is 11.8 Å². The highest BCUT2D eigenvalue weighted by Gasteiger charge is 2.25. The van der Waals surface area contributed by atoms with E-state index >= 15 is 0 Å². The van der Waals surface area contributed by atoms with Gasteiger partial charge in [0.2, 0.25) is 0 Å². The average Bonchev–Trinajstić information content (AvgIpc) is 3.27. The number of hydrogen-bond donors (Lipinski definition) is 2. The Morgan fingerprint density at radius 1 is 1.00 bits per heavy atom. The number of nitrogens with one attached hydrogen (secondary N) is 2. The number of carbonyl (C=O) groups excluding carboxylic acids is 3. The van der Waals surface area contributed by atoms with Crippen molar-refractivity contribution in [1.29, 1.82) is 0 Å². The van der Waals surface area contributed by atoms with Gasteiger partial charge in [-0.3, -0.25) is 9.59 Å². The molecule has 3 aromatic rings. The molecule has 2 aromatic carbocycles. The lowest BCUT2D eigenvalue weighted by atomic mass is 10.1. The molecule has 1 heterocycles. The lowest BCUT2D eigenvalue weighted by Gasteiger charge is -2.17. The third-order valence-electron chi connectivity index (χ3n) is 4.26. The topological polar surface area (TPSA) is 97.6 Å². The molecule has 0 spiro atoms. The maximum absolute atomic E-state index is 12.6. The third-order valence-corrected chi connectivity index (χ3v) is 4.26. The van der Waals surface area contributed by atoms with E-state index in [2.05, 4.69) is 10.6 Å². The van der Waals surface area contributed by atoms with Crippen LogP contribution in [0.15, 0.2) is 77.4 Å². The predicted octanol–water partition coefficient (Wildman–Crippen LogP) is 3.11. The number of amides is 2. The highest BCUT2D eigenvalue weighted by molar-refractivity contribution is 5.96. The van der Waals surface area contributed by atoms with E-state index in [1.807, 2.05) is 55.5 Å². The molecule has 1 aromatic heterocycles. The molecule has 1 atom stereocenters. The SMILES string of the molecule is Cc1cccc(NC(=O)COC(=O)[C@H](Cc2ccccc2)NC(=O)c2ccco2)c1. The number of benzene rings is 2. The molecule has 0 unspecified atom stereocenters. The molecule has 0 aliphatic carbocycles. The lowest BCUT2D eigenvalue weighted by molar-refractivity contribution is -0.149. The van der Waals surface area contributed by atoms with E-state index in [4.69, 9.17) is 9.15 Å². The molecule has 2 N–H and O–H groups in total. The molecule has 0 saturated heterocycles. The number of carbonyl (C=O) groups is 3. The van der Waals surface area contributed by atoms with Crippen LogP contribution in [0.4, 0.5) is 5.69 Å². The van der Waals surface area contributed by atoms with E-state index in [0.29, 0.717) is 5.69 Å². The van der Waals surface area contributed by atoms with Crippen LogP contribution in [0.1, 0.15) is 21.7 Å². The quantitative estimate of drug-likeness (QED) is 0.560. The zero-order valence-electron chi connectivity index (χ0n) is 16.5. The summed E-state index contributed by atoms with van der Waals surface area (Å²) in [4.78, 5) is 37.1. The second-order valence-corrected chi connectivity index (χ2v) is 6.72. The van der Waals surface area contributed by atoms with Crippen LogP contribution in [0.3, 0.4) is 0 Å². The number of rotatable bonds is 8. The first-order valence-corrected chi connectivity index (χ1v) is 9.43. The van der Waals surface area contributed by atoms with Gasteiger partial charge in [0.1, 0.15) is 6.04 Å². The largest absolute Gasteiger partial charge is 0.459 e. The van der Waals surface area contributed by atoms with E-state index in [1.54, 1.807) is 12.1 Å². The zero-order valence-corrected chi connectivity index (χ0v) is 16.5. The van der Waals surface area contributed by atoms with Crippen LogP contribution in [-0.4, -0.2) is 30.4 Å². The smallest absolute Gasteiger partial charge is 0.329 e. The second-order valence-electron chi connectivity index (χ2n) is 6.72. The van der Waals surface area contributed by atoms with Gasteiger partial charge in [0.15, 0.2) is 12.4 Å². The van der Waals surface area contributed by atoms with Crippen molar-refractivity contribution in [3.05, 3.63) is 89.9 Å². The summed E-state index contributed by atoms with van der Waals surface area (Å²) in [5.74, 6) is -1.64. The highest BCUT2D eigenvalue weighted by Crippen LogP contribution is 2.10. The second kappa shape index (κ2) is 10.1. The first-order chi connectivity index (χ1) is 14.5. The van der Waals surface area contributed by atoms with Gasteiger partial charge in [-0.2, -0.15) is 0 Å². The van der Waals surface area contributed by atoms with Crippen LogP contribution < -0.4 is 10.6 Å². The normalized spacial score (nSPS) is 11.4. The van der Waals surface area contributed by atoms with Crippen LogP contribution in [-0.2, 0) is 20.7 Å². The van der Waals surface area contributed by atoms with Gasteiger partial charge in [0.05, 0.1) is 6.26 Å². The Morgan fingerprint density at radius 2 is 1.80 bits per heavy atom. The Kier molecular flexibility index (Phi) is 7.00. The number of esters is 1. The van der Waals surface area contributed by atoms with Crippen LogP contribution in [0, 0.1) is 6.92 Å². The summed E-state index contributed by atoms with van der Waals surface area (Å²) >= 11 is 0. The van der Waals surface area contributed by atoms with Gasteiger partial charge >= 0.3 is 5.97 Å². The minimum Gasteiger partial charge on any atom is -0.459 e. The van der Waals surface area contributed by atoms with Gasteiger partial charge in [0, 0.05) is 12.1 Å². The van der Waals surface area contributed by atoms with Crippen molar-refractivity contribution in [1.82, 2.24) is 5.32 Å². The Hall–Kier alpha value is -3.87. The summed E-state index contributed by atoms with van der Waals surface area (Å²) in [6.07, 6.45) is 1.58. The van der Waals surface area contributed by atoms with E-state index in [9.17, 15) is 14.4 Å². The number of ether oxygens (including phenoxy) is 1. The maximum Gasteiger partial charge on any atom is 0.329 e. The van der Waals surface area contributed by atoms with Crippen LogP contribution in [0.25, 0.3) is 0 Å². The molecule has 0 aliphatic heterocycles. The summed E-state index contributed by atoms with van der Waals surface area (Å²) in [5, 5.41) is 5.28. The summed E-state index contributed by atoms with van der Waals surface area (Å²) in [5.41, 5.74) is 2.44. The fraction of sp³-hybridized carbons (Fsp3) is 0.174. The van der Waals surface area contributed by atoms with E-state index in [1.165, 1.54) is 12.3 Å². The molecule has 7 heteroatoms. The van der Waals surface area contributed by atoms with Gasteiger partial charge < -0.3 is 19.8 Å². The van der Waals surface area contributed by atoms with Gasteiger partial charge in [-0.05, 0) is 42.3 Å². The van der Waals surface area contributed by atoms with Gasteiger partial charge in [-0.25, -0.2) is 4.79 Å².